The molecule has 0 radical (unpaired) electrons. The maximum Gasteiger partial charge on any atom is 0.140 e. The van der Waals surface area contributed by atoms with Crippen molar-refractivity contribution in [2.24, 2.45) is 0 Å². The molecule has 3 heteroatoms. The standard InChI is InChI=1S/C10H10N2O/c1-2-8(1)13-9-3-5-12-6-4-11-10(12)7-9/h3-8H,1-2H2. The lowest BCUT2D eigenvalue weighted by atomic mass is 10.4. The molecule has 1 saturated carbocycles. The predicted molar refractivity (Wildman–Crippen MR) is 48.8 cm³/mol. The van der Waals surface area contributed by atoms with E-state index < -0.39 is 0 Å². The number of rotatable bonds is 2. The summed E-state index contributed by atoms with van der Waals surface area (Å²) in [6, 6.07) is 3.95. The summed E-state index contributed by atoms with van der Waals surface area (Å²) in [5, 5.41) is 0. The average molecular weight is 174 g/mol. The van der Waals surface area contributed by atoms with E-state index in [-0.39, 0.29) is 0 Å². The van der Waals surface area contributed by atoms with Gasteiger partial charge < -0.3 is 9.14 Å². The maximum absolute atomic E-state index is 5.65. The molecule has 2 aromatic rings. The number of hydrogen-bond donors (Lipinski definition) is 0. The molecule has 1 fully saturated rings. The quantitative estimate of drug-likeness (QED) is 0.694. The van der Waals surface area contributed by atoms with Crippen LogP contribution in [-0.2, 0) is 0 Å². The Bertz CT molecular complexity index is 431. The van der Waals surface area contributed by atoms with Crippen LogP contribution in [0.1, 0.15) is 12.8 Å². The van der Waals surface area contributed by atoms with Gasteiger partial charge in [0.15, 0.2) is 0 Å². The Morgan fingerprint density at radius 2 is 2.31 bits per heavy atom. The van der Waals surface area contributed by atoms with Gasteiger partial charge in [-0.3, -0.25) is 0 Å². The Morgan fingerprint density at radius 1 is 1.38 bits per heavy atom. The lowest BCUT2D eigenvalue weighted by Crippen LogP contribution is -1.96. The molecule has 0 amide bonds. The minimum absolute atomic E-state index is 0.456. The van der Waals surface area contributed by atoms with E-state index in [4.69, 9.17) is 4.74 Å². The van der Waals surface area contributed by atoms with Crippen molar-refractivity contribution in [3.8, 4) is 5.75 Å². The molecule has 1 aliphatic carbocycles. The first-order valence-electron chi connectivity index (χ1n) is 4.51. The van der Waals surface area contributed by atoms with E-state index in [0.29, 0.717) is 6.10 Å². The Labute approximate surface area is 76.0 Å². The molecule has 2 heterocycles. The van der Waals surface area contributed by atoms with Crippen LogP contribution in [-0.4, -0.2) is 15.5 Å². The van der Waals surface area contributed by atoms with E-state index >= 15 is 0 Å². The smallest absolute Gasteiger partial charge is 0.140 e. The summed E-state index contributed by atoms with van der Waals surface area (Å²) in [6.45, 7) is 0. The van der Waals surface area contributed by atoms with Gasteiger partial charge in [0.05, 0.1) is 6.10 Å². The van der Waals surface area contributed by atoms with Crippen LogP contribution >= 0.6 is 0 Å². The van der Waals surface area contributed by atoms with Crippen LogP contribution in [0.25, 0.3) is 5.65 Å². The second-order valence-electron chi connectivity index (χ2n) is 3.37. The predicted octanol–water partition coefficient (Wildman–Crippen LogP) is 1.88. The van der Waals surface area contributed by atoms with Gasteiger partial charge in [-0.15, -0.1) is 0 Å². The molecule has 0 aromatic carbocycles. The lowest BCUT2D eigenvalue weighted by Gasteiger charge is -2.03. The molecule has 0 atom stereocenters. The third-order valence-electron chi connectivity index (χ3n) is 2.20. The first kappa shape index (κ1) is 6.95. The van der Waals surface area contributed by atoms with Crippen LogP contribution in [0.3, 0.4) is 0 Å². The summed E-state index contributed by atoms with van der Waals surface area (Å²) >= 11 is 0. The number of hydrogen-bond acceptors (Lipinski definition) is 2. The van der Waals surface area contributed by atoms with Crippen molar-refractivity contribution in [2.45, 2.75) is 18.9 Å². The van der Waals surface area contributed by atoms with Crippen LogP contribution in [0, 0.1) is 0 Å². The minimum Gasteiger partial charge on any atom is -0.490 e. The highest BCUT2D eigenvalue weighted by atomic mass is 16.5. The fourth-order valence-electron chi connectivity index (χ4n) is 1.34. The third kappa shape index (κ3) is 1.26. The normalized spacial score (nSPS) is 16.3. The van der Waals surface area contributed by atoms with Gasteiger partial charge in [0.2, 0.25) is 0 Å². The third-order valence-corrected chi connectivity index (χ3v) is 2.20. The van der Waals surface area contributed by atoms with Crippen LogP contribution in [0.5, 0.6) is 5.75 Å². The molecule has 2 aromatic heterocycles. The Morgan fingerprint density at radius 3 is 3.15 bits per heavy atom. The van der Waals surface area contributed by atoms with Gasteiger partial charge in [0, 0.05) is 24.7 Å². The second kappa shape index (κ2) is 2.49. The van der Waals surface area contributed by atoms with Crippen molar-refractivity contribution in [1.82, 2.24) is 9.38 Å². The van der Waals surface area contributed by atoms with Crippen molar-refractivity contribution >= 4 is 5.65 Å². The summed E-state index contributed by atoms with van der Waals surface area (Å²) in [5.74, 6) is 0.932. The van der Waals surface area contributed by atoms with Crippen molar-refractivity contribution in [2.75, 3.05) is 0 Å². The van der Waals surface area contributed by atoms with Gasteiger partial charge in [-0.25, -0.2) is 4.98 Å². The van der Waals surface area contributed by atoms with Crippen molar-refractivity contribution in [3.63, 3.8) is 0 Å². The molecule has 0 spiro atoms. The summed E-state index contributed by atoms with van der Waals surface area (Å²) in [6.07, 6.45) is 8.53. The van der Waals surface area contributed by atoms with Crippen LogP contribution in [0.4, 0.5) is 0 Å². The van der Waals surface area contributed by atoms with Gasteiger partial charge >= 0.3 is 0 Å². The summed E-state index contributed by atoms with van der Waals surface area (Å²) in [4.78, 5) is 4.19. The SMILES string of the molecule is c1cn2ccc(OC3CC3)cc2n1. The van der Waals surface area contributed by atoms with E-state index in [1.54, 1.807) is 6.20 Å². The van der Waals surface area contributed by atoms with E-state index in [0.717, 1.165) is 11.4 Å². The van der Waals surface area contributed by atoms with Crippen LogP contribution in [0.2, 0.25) is 0 Å². The minimum atomic E-state index is 0.456. The molecule has 0 N–H and O–H groups in total. The lowest BCUT2D eigenvalue weighted by molar-refractivity contribution is 0.303. The van der Waals surface area contributed by atoms with Crippen molar-refractivity contribution in [1.29, 1.82) is 0 Å². The molecule has 13 heavy (non-hydrogen) atoms. The van der Waals surface area contributed by atoms with Gasteiger partial charge in [0.25, 0.3) is 0 Å². The monoisotopic (exact) mass is 174 g/mol. The highest BCUT2D eigenvalue weighted by molar-refractivity contribution is 5.44. The number of aromatic nitrogens is 2. The second-order valence-corrected chi connectivity index (χ2v) is 3.37. The zero-order chi connectivity index (χ0) is 8.67. The molecule has 0 unspecified atom stereocenters. The highest BCUT2D eigenvalue weighted by Crippen LogP contribution is 2.26. The molecule has 0 saturated heterocycles. The van der Waals surface area contributed by atoms with E-state index in [1.807, 2.05) is 28.9 Å². The van der Waals surface area contributed by atoms with Crippen molar-refractivity contribution < 1.29 is 4.74 Å². The van der Waals surface area contributed by atoms with Gasteiger partial charge in [-0.2, -0.15) is 0 Å². The zero-order valence-electron chi connectivity index (χ0n) is 7.18. The van der Waals surface area contributed by atoms with Crippen LogP contribution in [0.15, 0.2) is 30.7 Å². The Kier molecular flexibility index (Phi) is 1.33. The van der Waals surface area contributed by atoms with E-state index in [1.165, 1.54) is 12.8 Å². The summed E-state index contributed by atoms with van der Waals surface area (Å²) in [5.41, 5.74) is 0.943. The number of pyridine rings is 1. The fourth-order valence-corrected chi connectivity index (χ4v) is 1.34. The molecule has 0 aliphatic heterocycles. The molecule has 1 aliphatic rings. The topological polar surface area (TPSA) is 26.5 Å². The maximum atomic E-state index is 5.65. The Hall–Kier alpha value is -1.51. The largest absolute Gasteiger partial charge is 0.490 e. The molecular formula is C10H10N2O. The zero-order valence-corrected chi connectivity index (χ0v) is 7.18. The summed E-state index contributed by atoms with van der Waals surface area (Å²) in [7, 11) is 0. The number of fused-ring (bicyclic) bond motifs is 1. The molecule has 3 rings (SSSR count). The van der Waals surface area contributed by atoms with Gasteiger partial charge in [-0.1, -0.05) is 0 Å². The van der Waals surface area contributed by atoms with Gasteiger partial charge in [-0.05, 0) is 18.9 Å². The number of nitrogens with zero attached hydrogens (tertiary/aromatic N) is 2. The molecule has 0 bridgehead atoms. The first-order chi connectivity index (χ1) is 6.42. The van der Waals surface area contributed by atoms with Crippen LogP contribution < -0.4 is 4.74 Å². The highest BCUT2D eigenvalue weighted by Gasteiger charge is 2.23. The first-order valence-corrected chi connectivity index (χ1v) is 4.51. The average Bonchev–Trinajstić information content (AvgIpc) is 2.83. The van der Waals surface area contributed by atoms with Gasteiger partial charge in [0.1, 0.15) is 11.4 Å². The molecule has 66 valence electrons. The fraction of sp³-hybridized carbons (Fsp3) is 0.300. The summed E-state index contributed by atoms with van der Waals surface area (Å²) < 4.78 is 7.62. The van der Waals surface area contributed by atoms with Crippen molar-refractivity contribution in [3.05, 3.63) is 30.7 Å². The Balaban J connectivity index is 1.99. The molecular weight excluding hydrogens is 164 g/mol. The number of ether oxygens (including phenoxy) is 1. The number of imidazole rings is 1. The van der Waals surface area contributed by atoms with E-state index in [9.17, 15) is 0 Å². The van der Waals surface area contributed by atoms with E-state index in [2.05, 4.69) is 4.98 Å². The molecule has 3 nitrogen and oxygen atoms in total.